The maximum absolute atomic E-state index is 12.9. The molecule has 0 spiro atoms. The standard InChI is InChI=1S/C29H30N10O3/c1-16-6-8-30-25(32-16)20-11-21(20)27(41)35-28-31-9-7-23(34-28)36(2)13-19-14-38-12-18(17-4-5-17)10-22(26(38)33-19)39-15-24(40)37(3)29(39)42/h6-10,12,14,17,20-21H,4-5,11,13,15H2,1-3H3,(H,31,34,35,41)/t20-,21-/m0/s1. The predicted molar refractivity (Wildman–Crippen MR) is 153 cm³/mol. The number of anilines is 3. The minimum absolute atomic E-state index is 0.00371. The highest BCUT2D eigenvalue weighted by molar-refractivity contribution is 6.13. The average Bonchev–Trinajstić information content (AvgIpc) is 3.90. The molecule has 4 aromatic rings. The lowest BCUT2D eigenvalue weighted by Crippen LogP contribution is -2.30. The van der Waals surface area contributed by atoms with E-state index in [1.165, 1.54) is 11.9 Å². The molecular formula is C29H30N10O3. The van der Waals surface area contributed by atoms with Gasteiger partial charge in [0.15, 0.2) is 5.65 Å². The van der Waals surface area contributed by atoms with E-state index in [4.69, 9.17) is 4.98 Å². The number of imidazole rings is 1. The molecular weight excluding hydrogens is 536 g/mol. The highest BCUT2D eigenvalue weighted by Gasteiger charge is 2.46. The van der Waals surface area contributed by atoms with E-state index in [9.17, 15) is 14.4 Å². The summed E-state index contributed by atoms with van der Waals surface area (Å²) in [5, 5.41) is 2.84. The summed E-state index contributed by atoms with van der Waals surface area (Å²) in [5.74, 6) is 1.40. The van der Waals surface area contributed by atoms with E-state index in [1.807, 2.05) is 41.6 Å². The lowest BCUT2D eigenvalue weighted by molar-refractivity contribution is -0.124. The largest absolute Gasteiger partial charge is 0.354 e. The highest BCUT2D eigenvalue weighted by Crippen LogP contribution is 2.46. The van der Waals surface area contributed by atoms with Crippen LogP contribution in [0.25, 0.3) is 5.65 Å². The van der Waals surface area contributed by atoms with Crippen LogP contribution in [0.4, 0.5) is 22.2 Å². The second kappa shape index (κ2) is 9.86. The Morgan fingerprint density at radius 3 is 2.64 bits per heavy atom. The Morgan fingerprint density at radius 1 is 1.10 bits per heavy atom. The number of carbonyl (C=O) groups is 3. The Kier molecular flexibility index (Phi) is 6.10. The van der Waals surface area contributed by atoms with Crippen molar-refractivity contribution in [3.63, 3.8) is 0 Å². The van der Waals surface area contributed by atoms with Crippen LogP contribution < -0.4 is 15.1 Å². The van der Waals surface area contributed by atoms with E-state index in [-0.39, 0.29) is 42.2 Å². The zero-order valence-electron chi connectivity index (χ0n) is 23.6. The van der Waals surface area contributed by atoms with E-state index in [0.717, 1.165) is 34.7 Å². The smallest absolute Gasteiger partial charge is 0.331 e. The van der Waals surface area contributed by atoms with Gasteiger partial charge in [0.1, 0.15) is 18.2 Å². The monoisotopic (exact) mass is 566 g/mol. The van der Waals surface area contributed by atoms with E-state index >= 15 is 0 Å². The van der Waals surface area contributed by atoms with Gasteiger partial charge < -0.3 is 9.30 Å². The van der Waals surface area contributed by atoms with Crippen molar-refractivity contribution >= 4 is 40.9 Å². The minimum Gasteiger partial charge on any atom is -0.354 e. The first-order valence-corrected chi connectivity index (χ1v) is 14.0. The number of hydrogen-bond acceptors (Lipinski definition) is 9. The molecule has 0 bridgehead atoms. The molecule has 42 heavy (non-hydrogen) atoms. The molecule has 4 amide bonds. The third-order valence-corrected chi connectivity index (χ3v) is 8.07. The van der Waals surface area contributed by atoms with Crippen molar-refractivity contribution in [1.82, 2.24) is 34.2 Å². The molecule has 1 aliphatic heterocycles. The maximum Gasteiger partial charge on any atom is 0.331 e. The zero-order valence-corrected chi connectivity index (χ0v) is 23.6. The topological polar surface area (TPSA) is 142 Å². The number of rotatable bonds is 8. The molecule has 214 valence electrons. The van der Waals surface area contributed by atoms with Gasteiger partial charge in [0.2, 0.25) is 17.8 Å². The highest BCUT2D eigenvalue weighted by atomic mass is 16.2. The van der Waals surface area contributed by atoms with Gasteiger partial charge in [-0.1, -0.05) is 0 Å². The molecule has 1 saturated heterocycles. The number of carbonyl (C=O) groups excluding carboxylic acids is 3. The van der Waals surface area contributed by atoms with Crippen molar-refractivity contribution in [2.24, 2.45) is 5.92 Å². The molecule has 0 aromatic carbocycles. The molecule has 13 nitrogen and oxygen atoms in total. The zero-order chi connectivity index (χ0) is 29.1. The molecule has 0 unspecified atom stereocenters. The molecule has 2 atom stereocenters. The fraction of sp³-hybridized carbons (Fsp3) is 0.379. The molecule has 13 heteroatoms. The summed E-state index contributed by atoms with van der Waals surface area (Å²) < 4.78 is 1.94. The van der Waals surface area contributed by atoms with Crippen molar-refractivity contribution in [3.8, 4) is 0 Å². The first kappa shape index (κ1) is 26.0. The van der Waals surface area contributed by atoms with Gasteiger partial charge in [0.05, 0.1) is 17.9 Å². The number of aromatic nitrogens is 6. The molecule has 7 rings (SSSR count). The van der Waals surface area contributed by atoms with Crippen LogP contribution in [0.15, 0.2) is 43.0 Å². The molecule has 3 fully saturated rings. The van der Waals surface area contributed by atoms with Gasteiger partial charge in [-0.15, -0.1) is 0 Å². The predicted octanol–water partition coefficient (Wildman–Crippen LogP) is 2.88. The van der Waals surface area contributed by atoms with Gasteiger partial charge in [-0.25, -0.2) is 24.7 Å². The van der Waals surface area contributed by atoms with Crippen LogP contribution in [-0.4, -0.2) is 72.7 Å². The number of nitrogens with zero attached hydrogens (tertiary/aromatic N) is 9. The summed E-state index contributed by atoms with van der Waals surface area (Å²) in [6.45, 7) is 2.33. The third kappa shape index (κ3) is 4.80. The quantitative estimate of drug-likeness (QED) is 0.319. The van der Waals surface area contributed by atoms with E-state index in [0.29, 0.717) is 41.9 Å². The SMILES string of the molecule is Cc1ccnc([C@H]2C[C@@H]2C(=O)Nc2nccc(N(C)Cc3cn4cc(C5CC5)cc(N5CC(=O)N(C)C5=O)c4n3)n2)n1. The Labute approximate surface area is 241 Å². The van der Waals surface area contributed by atoms with Gasteiger partial charge in [-0.05, 0) is 55.9 Å². The number of urea groups is 1. The Balaban J connectivity index is 1.08. The molecule has 3 aliphatic rings. The number of amides is 4. The Bertz CT molecular complexity index is 1750. The molecule has 2 saturated carbocycles. The van der Waals surface area contributed by atoms with Crippen molar-refractivity contribution in [1.29, 1.82) is 0 Å². The van der Waals surface area contributed by atoms with Crippen LogP contribution in [0.3, 0.4) is 0 Å². The minimum atomic E-state index is -0.351. The average molecular weight is 567 g/mol. The second-order valence-corrected chi connectivity index (χ2v) is 11.3. The van der Waals surface area contributed by atoms with Gasteiger partial charge in [-0.3, -0.25) is 24.7 Å². The molecule has 4 aromatic heterocycles. The number of imide groups is 1. The number of aryl methyl sites for hydroxylation is 1. The summed E-state index contributed by atoms with van der Waals surface area (Å²) in [6.07, 6.45) is 10.2. The molecule has 0 radical (unpaired) electrons. The molecule has 2 aliphatic carbocycles. The molecule has 1 N–H and O–H groups in total. The number of likely N-dealkylation sites (N-methyl/N-ethyl adjacent to an activating group) is 1. The first-order chi connectivity index (χ1) is 20.2. The van der Waals surface area contributed by atoms with E-state index in [1.54, 1.807) is 18.5 Å². The van der Waals surface area contributed by atoms with Crippen molar-refractivity contribution in [2.75, 3.05) is 35.8 Å². The maximum atomic E-state index is 12.9. The van der Waals surface area contributed by atoms with Crippen LogP contribution in [-0.2, 0) is 16.1 Å². The van der Waals surface area contributed by atoms with Gasteiger partial charge in [0, 0.05) is 56.4 Å². The fourth-order valence-electron chi connectivity index (χ4n) is 5.42. The van der Waals surface area contributed by atoms with Crippen molar-refractivity contribution < 1.29 is 14.4 Å². The number of fused-ring (bicyclic) bond motifs is 1. The van der Waals surface area contributed by atoms with E-state index in [2.05, 4.69) is 31.4 Å². The Hall–Kier alpha value is -4.94. The van der Waals surface area contributed by atoms with Crippen LogP contribution in [0, 0.1) is 12.8 Å². The van der Waals surface area contributed by atoms with Crippen molar-refractivity contribution in [2.45, 2.75) is 44.6 Å². The number of nitrogens with one attached hydrogen (secondary N) is 1. The van der Waals surface area contributed by atoms with Gasteiger partial charge >= 0.3 is 6.03 Å². The summed E-state index contributed by atoms with van der Waals surface area (Å²) in [7, 11) is 3.39. The number of pyridine rings is 1. The van der Waals surface area contributed by atoms with Crippen LogP contribution in [0.5, 0.6) is 0 Å². The molecule has 5 heterocycles. The number of hydrogen-bond donors (Lipinski definition) is 1. The normalized spacial score (nSPS) is 20.0. The van der Waals surface area contributed by atoms with Crippen molar-refractivity contribution in [3.05, 3.63) is 65.8 Å². The van der Waals surface area contributed by atoms with Crippen LogP contribution >= 0.6 is 0 Å². The third-order valence-electron chi connectivity index (χ3n) is 8.07. The summed E-state index contributed by atoms with van der Waals surface area (Å²) in [6, 6.07) is 5.25. The van der Waals surface area contributed by atoms with Gasteiger partial charge in [-0.2, -0.15) is 4.98 Å². The fourth-order valence-corrected chi connectivity index (χ4v) is 5.42. The summed E-state index contributed by atoms with van der Waals surface area (Å²) in [4.78, 5) is 64.9. The summed E-state index contributed by atoms with van der Waals surface area (Å²) >= 11 is 0. The van der Waals surface area contributed by atoms with Gasteiger partial charge in [0.25, 0.3) is 0 Å². The second-order valence-electron chi connectivity index (χ2n) is 11.3. The Morgan fingerprint density at radius 2 is 1.90 bits per heavy atom. The summed E-state index contributed by atoms with van der Waals surface area (Å²) in [5.41, 5.74) is 4.03. The lowest BCUT2D eigenvalue weighted by atomic mass is 10.1. The van der Waals surface area contributed by atoms with Crippen LogP contribution in [0.2, 0.25) is 0 Å². The lowest BCUT2D eigenvalue weighted by Gasteiger charge is -2.17. The van der Waals surface area contributed by atoms with E-state index < -0.39 is 0 Å². The first-order valence-electron chi connectivity index (χ1n) is 14.0. The van der Waals surface area contributed by atoms with Crippen LogP contribution in [0.1, 0.15) is 53.9 Å².